The smallest absolute Gasteiger partial charge is 0.233 e. The SMILES string of the molecule is O=C1C2CC2C(=O)N1C1CCCCC1CO. The maximum absolute atomic E-state index is 11.9. The maximum atomic E-state index is 11.9. The molecule has 1 N–H and O–H groups in total. The molecule has 2 amide bonds. The van der Waals surface area contributed by atoms with Gasteiger partial charge in [-0.3, -0.25) is 14.5 Å². The molecule has 0 radical (unpaired) electrons. The topological polar surface area (TPSA) is 57.6 Å². The Morgan fingerprint density at radius 2 is 1.75 bits per heavy atom. The van der Waals surface area contributed by atoms with Gasteiger partial charge in [-0.25, -0.2) is 0 Å². The number of imide groups is 1. The number of rotatable bonds is 2. The summed E-state index contributed by atoms with van der Waals surface area (Å²) in [6.45, 7) is 0.0943. The molecule has 2 aliphatic carbocycles. The Kier molecular flexibility index (Phi) is 2.28. The third kappa shape index (κ3) is 1.32. The fraction of sp³-hybridized carbons (Fsp3) is 0.833. The number of carbonyl (C=O) groups excluding carboxylic acids is 2. The van der Waals surface area contributed by atoms with Crippen molar-refractivity contribution in [2.24, 2.45) is 17.8 Å². The predicted octanol–water partition coefficient (Wildman–Crippen LogP) is 0.542. The number of nitrogens with zero attached hydrogens (tertiary/aromatic N) is 1. The summed E-state index contributed by atoms with van der Waals surface area (Å²) in [5, 5.41) is 9.32. The van der Waals surface area contributed by atoms with Crippen LogP contribution in [0.5, 0.6) is 0 Å². The van der Waals surface area contributed by atoms with E-state index in [2.05, 4.69) is 0 Å². The molecule has 16 heavy (non-hydrogen) atoms. The van der Waals surface area contributed by atoms with Crippen LogP contribution in [0.1, 0.15) is 32.1 Å². The molecule has 88 valence electrons. The van der Waals surface area contributed by atoms with Gasteiger partial charge in [0.05, 0.1) is 11.8 Å². The zero-order valence-electron chi connectivity index (χ0n) is 9.26. The van der Waals surface area contributed by atoms with Gasteiger partial charge in [-0.2, -0.15) is 0 Å². The summed E-state index contributed by atoms with van der Waals surface area (Å²) in [6, 6.07) is -0.0217. The van der Waals surface area contributed by atoms with E-state index in [9.17, 15) is 14.7 Å². The van der Waals surface area contributed by atoms with Crippen LogP contribution in [0.4, 0.5) is 0 Å². The minimum Gasteiger partial charge on any atom is -0.396 e. The van der Waals surface area contributed by atoms with Gasteiger partial charge in [0.25, 0.3) is 0 Å². The Bertz CT molecular complexity index is 321. The van der Waals surface area contributed by atoms with Crippen molar-refractivity contribution in [1.29, 1.82) is 0 Å². The number of amides is 2. The molecule has 3 fully saturated rings. The molecule has 4 heteroatoms. The van der Waals surface area contributed by atoms with Crippen LogP contribution in [0.15, 0.2) is 0 Å². The molecule has 0 aromatic heterocycles. The van der Waals surface area contributed by atoms with Crippen molar-refractivity contribution < 1.29 is 14.7 Å². The van der Waals surface area contributed by atoms with Gasteiger partial charge in [-0.1, -0.05) is 12.8 Å². The maximum Gasteiger partial charge on any atom is 0.233 e. The Hall–Kier alpha value is -0.900. The molecule has 4 atom stereocenters. The quantitative estimate of drug-likeness (QED) is 0.695. The Balaban J connectivity index is 1.80. The lowest BCUT2D eigenvalue weighted by Crippen LogP contribution is -2.48. The Morgan fingerprint density at radius 1 is 1.12 bits per heavy atom. The summed E-state index contributed by atoms with van der Waals surface area (Å²) in [6.07, 6.45) is 4.75. The molecule has 3 rings (SSSR count). The average molecular weight is 223 g/mol. The first kappa shape index (κ1) is 10.3. The van der Waals surface area contributed by atoms with Crippen LogP contribution in [-0.4, -0.2) is 34.5 Å². The van der Waals surface area contributed by atoms with Gasteiger partial charge < -0.3 is 5.11 Å². The number of carbonyl (C=O) groups is 2. The lowest BCUT2D eigenvalue weighted by Gasteiger charge is -2.36. The lowest BCUT2D eigenvalue weighted by atomic mass is 9.84. The van der Waals surface area contributed by atoms with Crippen molar-refractivity contribution in [2.75, 3.05) is 6.61 Å². The standard InChI is InChI=1S/C12H17NO3/c14-6-7-3-1-2-4-10(7)13-11(15)8-5-9(8)12(13)16/h7-10,14H,1-6H2. The van der Waals surface area contributed by atoms with E-state index in [1.54, 1.807) is 0 Å². The van der Waals surface area contributed by atoms with E-state index in [4.69, 9.17) is 0 Å². The number of aliphatic hydroxyl groups excluding tert-OH is 1. The van der Waals surface area contributed by atoms with Crippen LogP contribution in [0.3, 0.4) is 0 Å². The highest BCUT2D eigenvalue weighted by Crippen LogP contribution is 2.49. The van der Waals surface area contributed by atoms with E-state index in [1.807, 2.05) is 0 Å². The van der Waals surface area contributed by atoms with E-state index in [0.29, 0.717) is 0 Å². The Labute approximate surface area is 94.6 Å². The van der Waals surface area contributed by atoms with Gasteiger partial charge in [-0.05, 0) is 19.3 Å². The molecule has 4 nitrogen and oxygen atoms in total. The summed E-state index contributed by atoms with van der Waals surface area (Å²) >= 11 is 0. The van der Waals surface area contributed by atoms with Gasteiger partial charge in [0.15, 0.2) is 0 Å². The first-order valence-electron chi connectivity index (χ1n) is 6.22. The summed E-state index contributed by atoms with van der Waals surface area (Å²) in [5.41, 5.74) is 0. The molecular formula is C12H17NO3. The van der Waals surface area contributed by atoms with Gasteiger partial charge in [-0.15, -0.1) is 0 Å². The van der Waals surface area contributed by atoms with Crippen LogP contribution in [0, 0.1) is 17.8 Å². The van der Waals surface area contributed by atoms with Crippen LogP contribution in [-0.2, 0) is 9.59 Å². The van der Waals surface area contributed by atoms with E-state index < -0.39 is 0 Å². The van der Waals surface area contributed by atoms with Crippen molar-refractivity contribution in [3.63, 3.8) is 0 Å². The first-order valence-corrected chi connectivity index (χ1v) is 6.22. The molecule has 2 saturated carbocycles. The third-order valence-electron chi connectivity index (χ3n) is 4.33. The van der Waals surface area contributed by atoms with Crippen molar-refractivity contribution in [3.8, 4) is 0 Å². The van der Waals surface area contributed by atoms with E-state index in [0.717, 1.165) is 32.1 Å². The monoisotopic (exact) mass is 223 g/mol. The molecule has 0 aromatic carbocycles. The fourth-order valence-corrected chi connectivity index (χ4v) is 3.27. The minimum absolute atomic E-state index is 0.00577. The van der Waals surface area contributed by atoms with Crippen LogP contribution in [0.25, 0.3) is 0 Å². The van der Waals surface area contributed by atoms with E-state index in [-0.39, 0.29) is 42.2 Å². The average Bonchev–Trinajstić information content (AvgIpc) is 3.05. The number of fused-ring (bicyclic) bond motifs is 1. The number of likely N-dealkylation sites (tertiary alicyclic amines) is 1. The highest BCUT2D eigenvalue weighted by atomic mass is 16.3. The molecular weight excluding hydrogens is 206 g/mol. The Morgan fingerprint density at radius 3 is 2.38 bits per heavy atom. The summed E-state index contributed by atoms with van der Waals surface area (Å²) in [7, 11) is 0. The van der Waals surface area contributed by atoms with E-state index in [1.165, 1.54) is 4.90 Å². The number of hydrogen-bond acceptors (Lipinski definition) is 3. The first-order chi connectivity index (χ1) is 7.74. The summed E-state index contributed by atoms with van der Waals surface area (Å²) in [5.74, 6) is 0.155. The third-order valence-corrected chi connectivity index (χ3v) is 4.33. The van der Waals surface area contributed by atoms with Crippen LogP contribution < -0.4 is 0 Å². The normalized spacial score (nSPS) is 42.4. The zero-order chi connectivity index (χ0) is 11.3. The second kappa shape index (κ2) is 3.55. The number of aliphatic hydroxyl groups is 1. The minimum atomic E-state index is -0.0217. The lowest BCUT2D eigenvalue weighted by molar-refractivity contribution is -0.146. The zero-order valence-corrected chi connectivity index (χ0v) is 9.26. The molecule has 3 aliphatic rings. The highest BCUT2D eigenvalue weighted by molar-refractivity contribution is 6.09. The second-order valence-corrected chi connectivity index (χ2v) is 5.29. The van der Waals surface area contributed by atoms with Gasteiger partial charge in [0.1, 0.15) is 0 Å². The van der Waals surface area contributed by atoms with Crippen molar-refractivity contribution >= 4 is 11.8 Å². The molecule has 1 heterocycles. The van der Waals surface area contributed by atoms with Crippen LogP contribution in [0.2, 0.25) is 0 Å². The highest BCUT2D eigenvalue weighted by Gasteiger charge is 2.60. The summed E-state index contributed by atoms with van der Waals surface area (Å²) < 4.78 is 0. The number of hydrogen-bond donors (Lipinski definition) is 1. The van der Waals surface area contributed by atoms with Gasteiger partial charge >= 0.3 is 0 Å². The predicted molar refractivity (Wildman–Crippen MR) is 56.3 cm³/mol. The van der Waals surface area contributed by atoms with Gasteiger partial charge in [0.2, 0.25) is 11.8 Å². The fourth-order valence-electron chi connectivity index (χ4n) is 3.27. The molecule has 0 bridgehead atoms. The molecule has 1 aliphatic heterocycles. The van der Waals surface area contributed by atoms with Crippen molar-refractivity contribution in [2.45, 2.75) is 38.1 Å². The summed E-state index contributed by atoms with van der Waals surface area (Å²) in [4.78, 5) is 25.4. The molecule has 0 spiro atoms. The molecule has 0 aromatic rings. The van der Waals surface area contributed by atoms with E-state index >= 15 is 0 Å². The largest absolute Gasteiger partial charge is 0.396 e. The van der Waals surface area contributed by atoms with Crippen LogP contribution >= 0.6 is 0 Å². The van der Waals surface area contributed by atoms with Crippen molar-refractivity contribution in [3.05, 3.63) is 0 Å². The van der Waals surface area contributed by atoms with Gasteiger partial charge in [0, 0.05) is 18.6 Å². The second-order valence-electron chi connectivity index (χ2n) is 5.29. The van der Waals surface area contributed by atoms with Crippen molar-refractivity contribution in [1.82, 2.24) is 4.90 Å². The number of piperidine rings is 1. The molecule has 1 saturated heterocycles. The molecule has 4 unspecified atom stereocenters.